The monoisotopic (exact) mass is 291 g/mol. The van der Waals surface area contributed by atoms with Crippen LogP contribution in [0.2, 0.25) is 0 Å². The first-order chi connectivity index (χ1) is 10.1. The van der Waals surface area contributed by atoms with E-state index in [1.165, 1.54) is 12.1 Å². The van der Waals surface area contributed by atoms with Gasteiger partial charge in [0.05, 0.1) is 11.8 Å². The topological polar surface area (TPSA) is 23.5 Å². The number of hydrogen-bond acceptors (Lipinski definition) is 2. The van der Waals surface area contributed by atoms with Crippen LogP contribution in [0.4, 0.5) is 14.5 Å². The smallest absolute Gasteiger partial charge is 0.146 e. The standard InChI is InChI=1S/C17H19F2NO/c1-2-20(16-10-6-5-9-15(16)19)12-11-17(21)13-7-3-4-8-14(13)18/h3-10,17,21H,2,11-12H2,1H3. The van der Waals surface area contributed by atoms with Gasteiger partial charge in [0.1, 0.15) is 11.6 Å². The second-order valence-electron chi connectivity index (χ2n) is 4.86. The number of benzene rings is 2. The molecule has 0 aliphatic heterocycles. The molecular formula is C17H19F2NO. The number of rotatable bonds is 6. The van der Waals surface area contributed by atoms with E-state index in [-0.39, 0.29) is 11.4 Å². The van der Waals surface area contributed by atoms with Gasteiger partial charge in [-0.2, -0.15) is 0 Å². The van der Waals surface area contributed by atoms with Crippen LogP contribution in [0.5, 0.6) is 0 Å². The van der Waals surface area contributed by atoms with Crippen LogP contribution in [0.3, 0.4) is 0 Å². The molecule has 1 N–H and O–H groups in total. The van der Waals surface area contributed by atoms with Gasteiger partial charge >= 0.3 is 0 Å². The van der Waals surface area contributed by atoms with Crippen molar-refractivity contribution in [2.24, 2.45) is 0 Å². The van der Waals surface area contributed by atoms with E-state index in [2.05, 4.69) is 0 Å². The summed E-state index contributed by atoms with van der Waals surface area (Å²) in [5.74, 6) is -0.710. The molecule has 2 aromatic carbocycles. The zero-order valence-corrected chi connectivity index (χ0v) is 12.0. The van der Waals surface area contributed by atoms with E-state index in [0.29, 0.717) is 25.2 Å². The normalized spacial score (nSPS) is 12.2. The maximum absolute atomic E-state index is 13.8. The quantitative estimate of drug-likeness (QED) is 0.872. The molecule has 2 aromatic rings. The minimum atomic E-state index is -0.896. The molecule has 112 valence electrons. The maximum Gasteiger partial charge on any atom is 0.146 e. The van der Waals surface area contributed by atoms with Crippen LogP contribution in [-0.2, 0) is 0 Å². The van der Waals surface area contributed by atoms with E-state index in [0.717, 1.165) is 0 Å². The molecule has 1 atom stereocenters. The molecule has 0 heterocycles. The molecule has 4 heteroatoms. The summed E-state index contributed by atoms with van der Waals surface area (Å²) < 4.78 is 27.4. The summed E-state index contributed by atoms with van der Waals surface area (Å²) in [6.07, 6.45) is -0.560. The summed E-state index contributed by atoms with van der Waals surface area (Å²) in [5.41, 5.74) is 0.780. The highest BCUT2D eigenvalue weighted by atomic mass is 19.1. The summed E-state index contributed by atoms with van der Waals surface area (Å²) in [6.45, 7) is 2.99. The number of halogens is 2. The SMILES string of the molecule is CCN(CCC(O)c1ccccc1F)c1ccccc1F. The third-order valence-electron chi connectivity index (χ3n) is 3.51. The summed E-state index contributed by atoms with van der Waals surface area (Å²) in [5, 5.41) is 10.1. The Hall–Kier alpha value is -1.94. The zero-order valence-electron chi connectivity index (χ0n) is 12.0. The van der Waals surface area contributed by atoms with Gasteiger partial charge in [0.15, 0.2) is 0 Å². The lowest BCUT2D eigenvalue weighted by molar-refractivity contribution is 0.164. The van der Waals surface area contributed by atoms with Crippen LogP contribution in [0.1, 0.15) is 25.0 Å². The second kappa shape index (κ2) is 7.18. The highest BCUT2D eigenvalue weighted by Crippen LogP contribution is 2.23. The maximum atomic E-state index is 13.8. The van der Waals surface area contributed by atoms with Crippen molar-refractivity contribution < 1.29 is 13.9 Å². The van der Waals surface area contributed by atoms with Gasteiger partial charge in [0.25, 0.3) is 0 Å². The predicted octanol–water partition coefficient (Wildman–Crippen LogP) is 3.91. The molecule has 0 saturated carbocycles. The Morgan fingerprint density at radius 3 is 2.24 bits per heavy atom. The van der Waals surface area contributed by atoms with Gasteiger partial charge < -0.3 is 10.0 Å². The van der Waals surface area contributed by atoms with Crippen LogP contribution in [0.15, 0.2) is 48.5 Å². The van der Waals surface area contributed by atoms with Crippen molar-refractivity contribution in [3.05, 3.63) is 65.7 Å². The number of nitrogens with zero attached hydrogens (tertiary/aromatic N) is 1. The van der Waals surface area contributed by atoms with Crippen LogP contribution >= 0.6 is 0 Å². The minimum Gasteiger partial charge on any atom is -0.388 e. The van der Waals surface area contributed by atoms with Crippen molar-refractivity contribution in [1.82, 2.24) is 0 Å². The molecule has 0 aromatic heterocycles. The Kier molecular flexibility index (Phi) is 5.28. The number of aliphatic hydroxyl groups is 1. The average Bonchev–Trinajstić information content (AvgIpc) is 2.49. The van der Waals surface area contributed by atoms with Crippen molar-refractivity contribution in [2.75, 3.05) is 18.0 Å². The van der Waals surface area contributed by atoms with E-state index in [4.69, 9.17) is 0 Å². The first-order valence-electron chi connectivity index (χ1n) is 7.05. The lowest BCUT2D eigenvalue weighted by Gasteiger charge is -2.25. The van der Waals surface area contributed by atoms with E-state index in [1.54, 1.807) is 36.4 Å². The van der Waals surface area contributed by atoms with Crippen molar-refractivity contribution in [2.45, 2.75) is 19.4 Å². The van der Waals surface area contributed by atoms with Crippen LogP contribution in [-0.4, -0.2) is 18.2 Å². The summed E-state index contributed by atoms with van der Waals surface area (Å²) in [7, 11) is 0. The van der Waals surface area contributed by atoms with Gasteiger partial charge in [-0.1, -0.05) is 30.3 Å². The Balaban J connectivity index is 2.04. The third kappa shape index (κ3) is 3.79. The van der Waals surface area contributed by atoms with Crippen molar-refractivity contribution in [1.29, 1.82) is 0 Å². The first-order valence-corrected chi connectivity index (χ1v) is 7.05. The van der Waals surface area contributed by atoms with Crippen molar-refractivity contribution in [3.8, 4) is 0 Å². The average molecular weight is 291 g/mol. The highest BCUT2D eigenvalue weighted by Gasteiger charge is 2.15. The molecule has 21 heavy (non-hydrogen) atoms. The Bertz CT molecular complexity index is 589. The van der Waals surface area contributed by atoms with E-state index in [9.17, 15) is 13.9 Å². The molecule has 0 fully saturated rings. The van der Waals surface area contributed by atoms with Crippen LogP contribution < -0.4 is 4.90 Å². The molecule has 0 aliphatic rings. The molecule has 0 bridgehead atoms. The van der Waals surface area contributed by atoms with Crippen LogP contribution in [0.25, 0.3) is 0 Å². The number of para-hydroxylation sites is 1. The van der Waals surface area contributed by atoms with Crippen molar-refractivity contribution >= 4 is 5.69 Å². The van der Waals surface area contributed by atoms with E-state index in [1.807, 2.05) is 11.8 Å². The third-order valence-corrected chi connectivity index (χ3v) is 3.51. The molecule has 1 unspecified atom stereocenters. The van der Waals surface area contributed by atoms with E-state index < -0.39 is 11.9 Å². The molecule has 0 spiro atoms. The number of anilines is 1. The van der Waals surface area contributed by atoms with Gasteiger partial charge in [0, 0.05) is 18.7 Å². The van der Waals surface area contributed by atoms with Gasteiger partial charge in [-0.05, 0) is 31.5 Å². The largest absolute Gasteiger partial charge is 0.388 e. The summed E-state index contributed by atoms with van der Waals surface area (Å²) in [4.78, 5) is 1.83. The fourth-order valence-corrected chi connectivity index (χ4v) is 2.34. The zero-order chi connectivity index (χ0) is 15.2. The summed E-state index contributed by atoms with van der Waals surface area (Å²) in [6, 6.07) is 12.7. The lowest BCUT2D eigenvalue weighted by atomic mass is 10.1. The molecule has 0 saturated heterocycles. The van der Waals surface area contributed by atoms with Gasteiger partial charge in [-0.3, -0.25) is 0 Å². The van der Waals surface area contributed by atoms with Crippen LogP contribution in [0, 0.1) is 11.6 Å². The minimum absolute atomic E-state index is 0.280. The number of aliphatic hydroxyl groups excluding tert-OH is 1. The first kappa shape index (κ1) is 15.4. The summed E-state index contributed by atoms with van der Waals surface area (Å²) >= 11 is 0. The van der Waals surface area contributed by atoms with Gasteiger partial charge in [0.2, 0.25) is 0 Å². The molecule has 2 nitrogen and oxygen atoms in total. The fourth-order valence-electron chi connectivity index (χ4n) is 2.34. The fraction of sp³-hybridized carbons (Fsp3) is 0.294. The lowest BCUT2D eigenvalue weighted by Crippen LogP contribution is -2.26. The van der Waals surface area contributed by atoms with Gasteiger partial charge in [-0.25, -0.2) is 8.78 Å². The Morgan fingerprint density at radius 1 is 1.00 bits per heavy atom. The molecule has 0 amide bonds. The molecule has 0 aliphatic carbocycles. The van der Waals surface area contributed by atoms with E-state index >= 15 is 0 Å². The number of hydrogen-bond donors (Lipinski definition) is 1. The molecule has 0 radical (unpaired) electrons. The Morgan fingerprint density at radius 2 is 1.62 bits per heavy atom. The Labute approximate surface area is 123 Å². The molecular weight excluding hydrogens is 272 g/mol. The molecule has 2 rings (SSSR count). The van der Waals surface area contributed by atoms with Crippen molar-refractivity contribution in [3.63, 3.8) is 0 Å². The second-order valence-corrected chi connectivity index (χ2v) is 4.86. The van der Waals surface area contributed by atoms with Gasteiger partial charge in [-0.15, -0.1) is 0 Å². The highest BCUT2D eigenvalue weighted by molar-refractivity contribution is 5.47. The predicted molar refractivity (Wildman–Crippen MR) is 80.3 cm³/mol.